The van der Waals surface area contributed by atoms with Gasteiger partial charge in [-0.2, -0.15) is 0 Å². The molecule has 0 saturated carbocycles. The lowest BCUT2D eigenvalue weighted by molar-refractivity contribution is -0.130. The Morgan fingerprint density at radius 2 is 1.79 bits per heavy atom. The minimum Gasteiger partial charge on any atom is -0.484 e. The van der Waals surface area contributed by atoms with Crippen molar-refractivity contribution in [3.05, 3.63) is 35.2 Å². The number of rotatable bonds is 8. The highest BCUT2D eigenvalue weighted by atomic mass is 32.1. The third-order valence-electron chi connectivity index (χ3n) is 4.31. The van der Waals surface area contributed by atoms with Gasteiger partial charge in [-0.3, -0.25) is 9.59 Å². The van der Waals surface area contributed by atoms with Gasteiger partial charge in [0.25, 0.3) is 11.8 Å². The zero-order valence-corrected chi connectivity index (χ0v) is 18.5. The van der Waals surface area contributed by atoms with Crippen LogP contribution in [0.5, 0.6) is 5.75 Å². The van der Waals surface area contributed by atoms with E-state index in [0.29, 0.717) is 16.3 Å². The first-order chi connectivity index (χ1) is 13.9. The first kappa shape index (κ1) is 21.1. The second-order valence-corrected chi connectivity index (χ2v) is 8.54. The molecule has 154 valence electrons. The molecule has 0 bridgehead atoms. The van der Waals surface area contributed by atoms with Crippen molar-refractivity contribution in [3.8, 4) is 5.75 Å². The van der Waals surface area contributed by atoms with Gasteiger partial charge in [-0.15, -0.1) is 11.3 Å². The molecule has 0 saturated heterocycles. The van der Waals surface area contributed by atoms with Gasteiger partial charge in [0.1, 0.15) is 10.6 Å². The van der Waals surface area contributed by atoms with E-state index in [-0.39, 0.29) is 18.4 Å². The summed E-state index contributed by atoms with van der Waals surface area (Å²) >= 11 is 3.00. The lowest BCUT2D eigenvalue weighted by Crippen LogP contribution is -2.27. The van der Waals surface area contributed by atoms with Crippen LogP contribution in [0.25, 0.3) is 9.53 Å². The van der Waals surface area contributed by atoms with E-state index in [2.05, 4.69) is 29.0 Å². The number of nitrogens with zero attached hydrogens (tertiary/aromatic N) is 3. The molecule has 9 heteroatoms. The highest BCUT2D eigenvalue weighted by Gasteiger charge is 2.16. The van der Waals surface area contributed by atoms with Crippen LogP contribution in [-0.4, -0.2) is 55.5 Å². The smallest absolute Gasteiger partial charge is 0.265 e. The Kier molecular flexibility index (Phi) is 6.71. The van der Waals surface area contributed by atoms with Gasteiger partial charge in [0.15, 0.2) is 11.7 Å². The Morgan fingerprint density at radius 3 is 2.38 bits per heavy atom. The molecule has 0 aliphatic rings. The van der Waals surface area contributed by atoms with Crippen LogP contribution in [0.2, 0.25) is 0 Å². The molecule has 0 unspecified atom stereocenters. The van der Waals surface area contributed by atoms with E-state index in [1.807, 2.05) is 6.07 Å². The number of thiazole rings is 1. The number of benzene rings is 1. The van der Waals surface area contributed by atoms with Gasteiger partial charge in [0, 0.05) is 32.9 Å². The van der Waals surface area contributed by atoms with Crippen LogP contribution in [0.3, 0.4) is 0 Å². The third kappa shape index (κ3) is 5.04. The van der Waals surface area contributed by atoms with Crippen molar-refractivity contribution in [2.75, 3.05) is 44.0 Å². The van der Waals surface area contributed by atoms with Crippen molar-refractivity contribution < 1.29 is 14.3 Å². The molecular weight excluding hydrogens is 408 g/mol. The summed E-state index contributed by atoms with van der Waals surface area (Å²) in [6.07, 6.45) is 0. The number of hydrogen-bond acceptors (Lipinski definition) is 7. The van der Waals surface area contributed by atoms with Crippen molar-refractivity contribution >= 4 is 54.8 Å². The van der Waals surface area contributed by atoms with Gasteiger partial charge in [-0.05, 0) is 44.2 Å². The van der Waals surface area contributed by atoms with Crippen LogP contribution >= 0.6 is 22.7 Å². The maximum atomic E-state index is 12.6. The molecule has 0 aliphatic carbocycles. The number of hydrogen-bond donors (Lipinski definition) is 1. The minimum absolute atomic E-state index is 0.0207. The molecule has 29 heavy (non-hydrogen) atoms. The standard InChI is InChI=1S/C20H24N4O3S2/c1-5-24(6-2)20-22-19-16(29-20)11-15(28-19)18(26)21-13-7-9-14(10-8-13)27-12-17(25)23(3)4/h7-11H,5-6,12H2,1-4H3,(H,21,26). The molecule has 1 aromatic carbocycles. The molecule has 0 spiro atoms. The SMILES string of the molecule is CCN(CC)c1nc2sc(C(=O)Nc3ccc(OCC(=O)N(C)C)cc3)cc2s1. The van der Waals surface area contributed by atoms with E-state index in [9.17, 15) is 9.59 Å². The Balaban J connectivity index is 1.62. The molecule has 0 atom stereocenters. The van der Waals surface area contributed by atoms with Crippen LogP contribution in [0, 0.1) is 0 Å². The van der Waals surface area contributed by atoms with E-state index < -0.39 is 0 Å². The predicted molar refractivity (Wildman–Crippen MR) is 120 cm³/mol. The van der Waals surface area contributed by atoms with Crippen molar-refractivity contribution in [2.45, 2.75) is 13.8 Å². The summed E-state index contributed by atoms with van der Waals surface area (Å²) in [6.45, 7) is 6.01. The minimum atomic E-state index is -0.166. The molecule has 0 aliphatic heterocycles. The van der Waals surface area contributed by atoms with Crippen LogP contribution in [0.4, 0.5) is 10.8 Å². The van der Waals surface area contributed by atoms with Crippen LogP contribution < -0.4 is 15.0 Å². The highest BCUT2D eigenvalue weighted by molar-refractivity contribution is 7.29. The van der Waals surface area contributed by atoms with E-state index in [0.717, 1.165) is 27.8 Å². The summed E-state index contributed by atoms with van der Waals surface area (Å²) in [5.74, 6) is 0.293. The maximum absolute atomic E-state index is 12.6. The van der Waals surface area contributed by atoms with Crippen LogP contribution in [-0.2, 0) is 4.79 Å². The van der Waals surface area contributed by atoms with E-state index >= 15 is 0 Å². The molecule has 1 N–H and O–H groups in total. The summed E-state index contributed by atoms with van der Waals surface area (Å²) in [4.78, 5) is 34.0. The number of thiophene rings is 1. The average Bonchev–Trinajstić information content (AvgIpc) is 3.27. The monoisotopic (exact) mass is 432 g/mol. The van der Waals surface area contributed by atoms with Crippen molar-refractivity contribution in [1.82, 2.24) is 9.88 Å². The van der Waals surface area contributed by atoms with E-state index in [1.165, 1.54) is 16.2 Å². The Labute approximate surface area is 177 Å². The lowest BCUT2D eigenvalue weighted by Gasteiger charge is -2.16. The summed E-state index contributed by atoms with van der Waals surface area (Å²) in [6, 6.07) is 8.84. The molecule has 0 radical (unpaired) electrons. The molecular formula is C20H24N4O3S2. The molecule has 0 fully saturated rings. The molecule has 2 aromatic heterocycles. The van der Waals surface area contributed by atoms with Gasteiger partial charge >= 0.3 is 0 Å². The zero-order valence-electron chi connectivity index (χ0n) is 16.9. The Bertz CT molecular complexity index is 959. The Morgan fingerprint density at radius 1 is 1.10 bits per heavy atom. The van der Waals surface area contributed by atoms with Gasteiger partial charge in [-0.1, -0.05) is 11.3 Å². The number of anilines is 2. The number of fused-ring (bicyclic) bond motifs is 1. The van der Waals surface area contributed by atoms with Crippen LogP contribution in [0.15, 0.2) is 30.3 Å². The normalized spacial score (nSPS) is 10.8. The number of aromatic nitrogens is 1. The fourth-order valence-corrected chi connectivity index (χ4v) is 4.80. The number of amides is 2. The predicted octanol–water partition coefficient (Wildman–Crippen LogP) is 3.92. The summed E-state index contributed by atoms with van der Waals surface area (Å²) in [7, 11) is 3.36. The van der Waals surface area contributed by atoms with E-state index in [4.69, 9.17) is 4.74 Å². The number of likely N-dealkylation sites (N-methyl/N-ethyl adjacent to an activating group) is 1. The molecule has 2 amide bonds. The van der Waals surface area contributed by atoms with Gasteiger partial charge < -0.3 is 19.9 Å². The highest BCUT2D eigenvalue weighted by Crippen LogP contribution is 2.34. The van der Waals surface area contributed by atoms with Gasteiger partial charge in [-0.25, -0.2) is 4.98 Å². The second kappa shape index (κ2) is 9.23. The quantitative estimate of drug-likeness (QED) is 0.584. The number of carbonyl (C=O) groups excluding carboxylic acids is 2. The zero-order chi connectivity index (χ0) is 21.0. The number of carbonyl (C=O) groups is 2. The Hall–Kier alpha value is -2.65. The van der Waals surface area contributed by atoms with E-state index in [1.54, 1.807) is 49.7 Å². The summed E-state index contributed by atoms with van der Waals surface area (Å²) < 4.78 is 6.46. The summed E-state index contributed by atoms with van der Waals surface area (Å²) in [5, 5.41) is 3.88. The largest absolute Gasteiger partial charge is 0.484 e. The molecule has 2 heterocycles. The summed E-state index contributed by atoms with van der Waals surface area (Å²) in [5.41, 5.74) is 0.662. The maximum Gasteiger partial charge on any atom is 0.265 e. The van der Waals surface area contributed by atoms with Crippen molar-refractivity contribution in [2.24, 2.45) is 0 Å². The van der Waals surface area contributed by atoms with Crippen molar-refractivity contribution in [3.63, 3.8) is 0 Å². The van der Waals surface area contributed by atoms with Crippen LogP contribution in [0.1, 0.15) is 23.5 Å². The average molecular weight is 433 g/mol. The number of nitrogens with one attached hydrogen (secondary N) is 1. The molecule has 3 rings (SSSR count). The first-order valence-electron chi connectivity index (χ1n) is 9.31. The first-order valence-corrected chi connectivity index (χ1v) is 10.9. The molecule has 7 nitrogen and oxygen atoms in total. The van der Waals surface area contributed by atoms with Gasteiger partial charge in [0.05, 0.1) is 9.58 Å². The number of ether oxygens (including phenoxy) is 1. The fourth-order valence-electron chi connectivity index (χ4n) is 2.57. The third-order valence-corrected chi connectivity index (χ3v) is 6.53. The molecule has 3 aromatic rings. The topological polar surface area (TPSA) is 74.8 Å². The fraction of sp³-hybridized carbons (Fsp3) is 0.350. The lowest BCUT2D eigenvalue weighted by atomic mass is 10.3. The van der Waals surface area contributed by atoms with Gasteiger partial charge in [0.2, 0.25) is 0 Å². The second-order valence-electron chi connectivity index (χ2n) is 6.50. The van der Waals surface area contributed by atoms with Crippen molar-refractivity contribution in [1.29, 1.82) is 0 Å².